The molecule has 1 N–H and O–H groups in total. The molecule has 0 saturated carbocycles. The Kier molecular flexibility index (Phi) is 5.59. The largest absolute Gasteiger partial charge is 0.489 e. The van der Waals surface area contributed by atoms with Crippen molar-refractivity contribution in [3.63, 3.8) is 0 Å². The van der Waals surface area contributed by atoms with Crippen molar-refractivity contribution in [1.29, 1.82) is 0 Å². The van der Waals surface area contributed by atoms with E-state index in [-0.39, 0.29) is 5.91 Å². The van der Waals surface area contributed by atoms with Gasteiger partial charge in [-0.05, 0) is 49.2 Å². The lowest BCUT2D eigenvalue weighted by molar-refractivity contribution is 0.102. The quantitative estimate of drug-likeness (QED) is 0.665. The standard InChI is InChI=1S/C21H21N3O2/c1-3-4-5-12-26-17-9-6-8-16(14-17)23-21(25)20-15(2)13-19-18(24-20)10-7-11-22-19/h4-11,13-14H,3,12H2,1-2H3,(H,23,25). The molecule has 1 amide bonds. The number of hydrogen-bond donors (Lipinski definition) is 1. The third-order valence-corrected chi connectivity index (χ3v) is 3.83. The summed E-state index contributed by atoms with van der Waals surface area (Å²) in [6, 6.07) is 12.9. The number of fused-ring (bicyclic) bond motifs is 1. The monoisotopic (exact) mass is 347 g/mol. The predicted molar refractivity (Wildman–Crippen MR) is 104 cm³/mol. The fourth-order valence-electron chi connectivity index (χ4n) is 2.56. The lowest BCUT2D eigenvalue weighted by Gasteiger charge is -2.10. The number of nitrogens with one attached hydrogen (secondary N) is 1. The Morgan fingerprint density at radius 2 is 2.04 bits per heavy atom. The van der Waals surface area contributed by atoms with Crippen LogP contribution in [-0.2, 0) is 0 Å². The van der Waals surface area contributed by atoms with E-state index in [9.17, 15) is 4.79 Å². The molecule has 0 bridgehead atoms. The van der Waals surface area contributed by atoms with Crippen molar-refractivity contribution in [2.24, 2.45) is 0 Å². The molecule has 0 atom stereocenters. The molecular formula is C21H21N3O2. The van der Waals surface area contributed by atoms with Gasteiger partial charge >= 0.3 is 0 Å². The van der Waals surface area contributed by atoms with Crippen LogP contribution in [0.5, 0.6) is 5.75 Å². The number of aromatic nitrogens is 2. The predicted octanol–water partition coefficient (Wildman–Crippen LogP) is 4.54. The van der Waals surface area contributed by atoms with Gasteiger partial charge in [0.25, 0.3) is 5.91 Å². The molecule has 0 radical (unpaired) electrons. The number of ether oxygens (including phenoxy) is 1. The molecule has 3 aromatic rings. The Labute approximate surface area is 152 Å². The Bertz CT molecular complexity index is 951. The second-order valence-electron chi connectivity index (χ2n) is 5.87. The second kappa shape index (κ2) is 8.25. The molecule has 3 rings (SSSR count). The Morgan fingerprint density at radius 1 is 1.15 bits per heavy atom. The average molecular weight is 347 g/mol. The number of anilines is 1. The van der Waals surface area contributed by atoms with Crippen molar-refractivity contribution in [1.82, 2.24) is 9.97 Å². The number of carbonyl (C=O) groups is 1. The highest BCUT2D eigenvalue weighted by Crippen LogP contribution is 2.19. The lowest BCUT2D eigenvalue weighted by atomic mass is 10.1. The number of hydrogen-bond acceptors (Lipinski definition) is 4. The van der Waals surface area contributed by atoms with Gasteiger partial charge in [-0.2, -0.15) is 0 Å². The molecule has 132 valence electrons. The fourth-order valence-corrected chi connectivity index (χ4v) is 2.56. The van der Waals surface area contributed by atoms with Gasteiger partial charge in [0.05, 0.1) is 11.0 Å². The first kappa shape index (κ1) is 17.6. The van der Waals surface area contributed by atoms with E-state index in [2.05, 4.69) is 28.3 Å². The number of rotatable bonds is 6. The smallest absolute Gasteiger partial charge is 0.274 e. The van der Waals surface area contributed by atoms with E-state index in [1.165, 1.54) is 0 Å². The third kappa shape index (κ3) is 4.25. The lowest BCUT2D eigenvalue weighted by Crippen LogP contribution is -2.15. The van der Waals surface area contributed by atoms with Crippen molar-refractivity contribution in [2.75, 3.05) is 11.9 Å². The molecule has 26 heavy (non-hydrogen) atoms. The fraction of sp³-hybridized carbons (Fsp3) is 0.190. The van der Waals surface area contributed by atoms with Crippen LogP contribution in [0.15, 0.2) is 60.8 Å². The summed E-state index contributed by atoms with van der Waals surface area (Å²) in [4.78, 5) is 21.4. The van der Waals surface area contributed by atoms with Gasteiger partial charge in [-0.25, -0.2) is 4.98 Å². The zero-order valence-corrected chi connectivity index (χ0v) is 14.9. The number of allylic oxidation sites excluding steroid dienone is 1. The molecule has 0 spiro atoms. The van der Waals surface area contributed by atoms with E-state index in [0.29, 0.717) is 29.3 Å². The minimum Gasteiger partial charge on any atom is -0.489 e. The average Bonchev–Trinajstić information content (AvgIpc) is 2.65. The molecule has 0 aliphatic heterocycles. The molecule has 0 unspecified atom stereocenters. The van der Waals surface area contributed by atoms with Crippen LogP contribution >= 0.6 is 0 Å². The van der Waals surface area contributed by atoms with Gasteiger partial charge in [0.15, 0.2) is 0 Å². The second-order valence-corrected chi connectivity index (χ2v) is 5.87. The molecule has 0 fully saturated rings. The topological polar surface area (TPSA) is 64.1 Å². The zero-order chi connectivity index (χ0) is 18.4. The maximum atomic E-state index is 12.6. The van der Waals surface area contributed by atoms with Crippen molar-refractivity contribution < 1.29 is 9.53 Å². The number of amides is 1. The van der Waals surface area contributed by atoms with E-state index < -0.39 is 0 Å². The highest BCUT2D eigenvalue weighted by atomic mass is 16.5. The molecule has 0 saturated heterocycles. The van der Waals surface area contributed by atoms with Crippen LogP contribution in [0.1, 0.15) is 29.4 Å². The molecule has 0 aliphatic carbocycles. The van der Waals surface area contributed by atoms with Gasteiger partial charge in [0.2, 0.25) is 0 Å². The zero-order valence-electron chi connectivity index (χ0n) is 14.9. The first-order chi connectivity index (χ1) is 12.7. The van der Waals surface area contributed by atoms with E-state index in [0.717, 1.165) is 17.5 Å². The summed E-state index contributed by atoms with van der Waals surface area (Å²) in [5.74, 6) is 0.451. The van der Waals surface area contributed by atoms with Gasteiger partial charge in [-0.15, -0.1) is 0 Å². The maximum absolute atomic E-state index is 12.6. The summed E-state index contributed by atoms with van der Waals surface area (Å²) in [5, 5.41) is 2.89. The Balaban J connectivity index is 1.75. The minimum absolute atomic E-state index is 0.253. The normalized spacial score (nSPS) is 11.0. The summed E-state index contributed by atoms with van der Waals surface area (Å²) >= 11 is 0. The molecule has 5 heteroatoms. The van der Waals surface area contributed by atoms with Gasteiger partial charge in [-0.1, -0.05) is 25.1 Å². The van der Waals surface area contributed by atoms with Crippen molar-refractivity contribution in [2.45, 2.75) is 20.3 Å². The maximum Gasteiger partial charge on any atom is 0.274 e. The number of pyridine rings is 2. The van der Waals surface area contributed by atoms with E-state index in [1.54, 1.807) is 18.3 Å². The van der Waals surface area contributed by atoms with Crippen LogP contribution in [0, 0.1) is 6.92 Å². The van der Waals surface area contributed by atoms with Crippen LogP contribution < -0.4 is 10.1 Å². The van der Waals surface area contributed by atoms with Crippen LogP contribution in [-0.4, -0.2) is 22.5 Å². The van der Waals surface area contributed by atoms with Crippen LogP contribution in [0.25, 0.3) is 11.0 Å². The van der Waals surface area contributed by atoms with Crippen molar-refractivity contribution in [3.8, 4) is 5.75 Å². The van der Waals surface area contributed by atoms with Gasteiger partial charge in [0, 0.05) is 18.0 Å². The number of aryl methyl sites for hydroxylation is 1. The summed E-state index contributed by atoms with van der Waals surface area (Å²) in [6.45, 7) is 4.44. The summed E-state index contributed by atoms with van der Waals surface area (Å²) in [6.07, 6.45) is 6.72. The first-order valence-electron chi connectivity index (χ1n) is 8.59. The van der Waals surface area contributed by atoms with Gasteiger partial charge in [0.1, 0.15) is 18.1 Å². The number of carbonyl (C=O) groups excluding carboxylic acids is 1. The van der Waals surface area contributed by atoms with Crippen molar-refractivity contribution in [3.05, 3.63) is 72.1 Å². The first-order valence-corrected chi connectivity index (χ1v) is 8.59. The summed E-state index contributed by atoms with van der Waals surface area (Å²) < 4.78 is 5.66. The molecule has 2 heterocycles. The SMILES string of the molecule is CCC=CCOc1cccc(NC(=O)c2nc3cccnc3cc2C)c1. The highest BCUT2D eigenvalue weighted by Gasteiger charge is 2.13. The molecule has 1 aromatic carbocycles. The van der Waals surface area contributed by atoms with Gasteiger partial charge < -0.3 is 10.1 Å². The van der Waals surface area contributed by atoms with Crippen molar-refractivity contribution >= 4 is 22.6 Å². The summed E-state index contributed by atoms with van der Waals surface area (Å²) in [5.41, 5.74) is 3.31. The van der Waals surface area contributed by atoms with Crippen LogP contribution in [0.2, 0.25) is 0 Å². The molecule has 0 aliphatic rings. The summed E-state index contributed by atoms with van der Waals surface area (Å²) in [7, 11) is 0. The molecule has 2 aromatic heterocycles. The van der Waals surface area contributed by atoms with E-state index in [4.69, 9.17) is 4.74 Å². The third-order valence-electron chi connectivity index (χ3n) is 3.83. The van der Waals surface area contributed by atoms with E-state index in [1.807, 2.05) is 43.3 Å². The molecule has 5 nitrogen and oxygen atoms in total. The highest BCUT2D eigenvalue weighted by molar-refractivity contribution is 6.05. The van der Waals surface area contributed by atoms with Crippen LogP contribution in [0.4, 0.5) is 5.69 Å². The Morgan fingerprint density at radius 3 is 2.88 bits per heavy atom. The van der Waals surface area contributed by atoms with E-state index >= 15 is 0 Å². The minimum atomic E-state index is -0.253. The number of benzene rings is 1. The van der Waals surface area contributed by atoms with Gasteiger partial charge in [-0.3, -0.25) is 9.78 Å². The molecular weight excluding hydrogens is 326 g/mol. The number of nitrogens with zero attached hydrogens (tertiary/aromatic N) is 2. The van der Waals surface area contributed by atoms with Crippen LogP contribution in [0.3, 0.4) is 0 Å². The Hall–Kier alpha value is -3.21.